The summed E-state index contributed by atoms with van der Waals surface area (Å²) in [5.41, 5.74) is 4.61. The standard InChI is InChI=1S/C9H17N3O2/c1-5-6-12(7(10)11)8(13)14-9(2,3)4/h5H,1,6H2,2-4H3,(H3,10,11). The Morgan fingerprint density at radius 3 is 2.43 bits per heavy atom. The van der Waals surface area contributed by atoms with E-state index in [1.54, 1.807) is 20.8 Å². The van der Waals surface area contributed by atoms with Gasteiger partial charge in [-0.1, -0.05) is 6.08 Å². The fraction of sp³-hybridized carbons (Fsp3) is 0.556. The Morgan fingerprint density at radius 2 is 2.14 bits per heavy atom. The highest BCUT2D eigenvalue weighted by molar-refractivity contribution is 5.91. The highest BCUT2D eigenvalue weighted by Gasteiger charge is 2.22. The molecule has 0 aliphatic carbocycles. The molecule has 0 rings (SSSR count). The van der Waals surface area contributed by atoms with Crippen molar-refractivity contribution < 1.29 is 9.53 Å². The Morgan fingerprint density at radius 1 is 1.64 bits per heavy atom. The van der Waals surface area contributed by atoms with Gasteiger partial charge in [0.25, 0.3) is 0 Å². The molecule has 5 nitrogen and oxygen atoms in total. The average Bonchev–Trinajstić information content (AvgIpc) is 1.95. The fourth-order valence-electron chi connectivity index (χ4n) is 0.717. The van der Waals surface area contributed by atoms with E-state index in [0.717, 1.165) is 4.90 Å². The molecule has 0 unspecified atom stereocenters. The van der Waals surface area contributed by atoms with E-state index in [0.29, 0.717) is 0 Å². The molecule has 1 amide bonds. The largest absolute Gasteiger partial charge is 0.443 e. The molecule has 0 aromatic carbocycles. The molecular formula is C9H17N3O2. The van der Waals surface area contributed by atoms with Gasteiger partial charge < -0.3 is 10.5 Å². The van der Waals surface area contributed by atoms with Crippen LogP contribution in [0.15, 0.2) is 12.7 Å². The highest BCUT2D eigenvalue weighted by Crippen LogP contribution is 2.09. The van der Waals surface area contributed by atoms with Crippen LogP contribution < -0.4 is 5.73 Å². The van der Waals surface area contributed by atoms with Gasteiger partial charge in [-0.3, -0.25) is 5.41 Å². The quantitative estimate of drug-likeness (QED) is 0.399. The van der Waals surface area contributed by atoms with Gasteiger partial charge in [-0.2, -0.15) is 0 Å². The summed E-state index contributed by atoms with van der Waals surface area (Å²) in [4.78, 5) is 12.4. The number of carbonyl (C=O) groups is 1. The van der Waals surface area contributed by atoms with Crippen LogP contribution in [0, 0.1) is 5.41 Å². The van der Waals surface area contributed by atoms with Gasteiger partial charge in [0.05, 0.1) is 0 Å². The van der Waals surface area contributed by atoms with E-state index in [1.807, 2.05) is 0 Å². The molecule has 0 saturated heterocycles. The van der Waals surface area contributed by atoms with Gasteiger partial charge in [-0.25, -0.2) is 9.69 Å². The molecule has 0 fully saturated rings. The van der Waals surface area contributed by atoms with Crippen molar-refractivity contribution >= 4 is 12.1 Å². The minimum atomic E-state index is -0.634. The van der Waals surface area contributed by atoms with Crippen LogP contribution in [0.2, 0.25) is 0 Å². The second-order valence-corrected chi connectivity index (χ2v) is 3.76. The molecule has 0 atom stereocenters. The van der Waals surface area contributed by atoms with Crippen molar-refractivity contribution in [2.75, 3.05) is 6.54 Å². The van der Waals surface area contributed by atoms with E-state index in [-0.39, 0.29) is 12.5 Å². The van der Waals surface area contributed by atoms with Crippen LogP contribution in [0.3, 0.4) is 0 Å². The van der Waals surface area contributed by atoms with E-state index >= 15 is 0 Å². The third-order valence-electron chi connectivity index (χ3n) is 1.22. The summed E-state index contributed by atoms with van der Waals surface area (Å²) < 4.78 is 5.03. The Hall–Kier alpha value is -1.52. The van der Waals surface area contributed by atoms with Gasteiger partial charge in [0.1, 0.15) is 5.60 Å². The molecule has 0 aliphatic rings. The third kappa shape index (κ3) is 4.49. The van der Waals surface area contributed by atoms with Crippen LogP contribution in [0.1, 0.15) is 20.8 Å². The third-order valence-corrected chi connectivity index (χ3v) is 1.22. The molecule has 0 radical (unpaired) electrons. The summed E-state index contributed by atoms with van der Waals surface area (Å²) >= 11 is 0. The van der Waals surface area contributed by atoms with E-state index in [2.05, 4.69) is 6.58 Å². The molecule has 0 aliphatic heterocycles. The predicted molar refractivity (Wildman–Crippen MR) is 55.1 cm³/mol. The highest BCUT2D eigenvalue weighted by atomic mass is 16.6. The van der Waals surface area contributed by atoms with Crippen molar-refractivity contribution in [3.8, 4) is 0 Å². The summed E-state index contributed by atoms with van der Waals surface area (Å²) in [6.45, 7) is 8.87. The lowest BCUT2D eigenvalue weighted by Gasteiger charge is -2.25. The lowest BCUT2D eigenvalue weighted by molar-refractivity contribution is 0.0381. The molecule has 0 bridgehead atoms. The Labute approximate surface area is 84.0 Å². The summed E-state index contributed by atoms with van der Waals surface area (Å²) in [7, 11) is 0. The van der Waals surface area contributed by atoms with Crippen LogP contribution in [0.4, 0.5) is 4.79 Å². The second-order valence-electron chi connectivity index (χ2n) is 3.76. The molecule has 5 heteroatoms. The molecule has 3 N–H and O–H groups in total. The van der Waals surface area contributed by atoms with Gasteiger partial charge in [-0.15, -0.1) is 6.58 Å². The zero-order chi connectivity index (χ0) is 11.4. The van der Waals surface area contributed by atoms with Gasteiger partial charge in [-0.05, 0) is 20.8 Å². The van der Waals surface area contributed by atoms with Crippen LogP contribution in [0.25, 0.3) is 0 Å². The lowest BCUT2D eigenvalue weighted by atomic mass is 10.2. The molecule has 80 valence electrons. The number of amides is 1. The summed E-state index contributed by atoms with van der Waals surface area (Å²) in [5, 5.41) is 7.15. The van der Waals surface area contributed by atoms with Gasteiger partial charge in [0.2, 0.25) is 0 Å². The van der Waals surface area contributed by atoms with Crippen LogP contribution in [-0.2, 0) is 4.74 Å². The number of guanidine groups is 1. The Bertz CT molecular complexity index is 243. The van der Waals surface area contributed by atoms with Gasteiger partial charge in [0.15, 0.2) is 5.96 Å². The van der Waals surface area contributed by atoms with Gasteiger partial charge in [0, 0.05) is 6.54 Å². The number of nitrogens with two attached hydrogens (primary N) is 1. The van der Waals surface area contributed by atoms with Crippen molar-refractivity contribution in [1.29, 1.82) is 5.41 Å². The maximum atomic E-state index is 11.4. The SMILES string of the molecule is C=CCN(C(=N)N)C(=O)OC(C)(C)C. The number of rotatable bonds is 2. The first-order chi connectivity index (χ1) is 6.28. The number of nitrogens with one attached hydrogen (secondary N) is 1. The van der Waals surface area contributed by atoms with Crippen LogP contribution >= 0.6 is 0 Å². The maximum absolute atomic E-state index is 11.4. The normalized spacial score (nSPS) is 10.5. The average molecular weight is 199 g/mol. The molecule has 0 aromatic rings. The lowest BCUT2D eigenvalue weighted by Crippen LogP contribution is -2.44. The molecule has 0 saturated carbocycles. The monoisotopic (exact) mass is 199 g/mol. The van der Waals surface area contributed by atoms with Crippen LogP contribution in [-0.4, -0.2) is 29.1 Å². The van der Waals surface area contributed by atoms with E-state index in [1.165, 1.54) is 6.08 Å². The first-order valence-electron chi connectivity index (χ1n) is 4.23. The first-order valence-corrected chi connectivity index (χ1v) is 4.23. The predicted octanol–water partition coefficient (Wildman–Crippen LogP) is 1.30. The topological polar surface area (TPSA) is 79.4 Å². The first kappa shape index (κ1) is 12.5. The molecular weight excluding hydrogens is 182 g/mol. The minimum absolute atomic E-state index is 0.171. The van der Waals surface area contributed by atoms with Crippen molar-refractivity contribution in [1.82, 2.24) is 4.90 Å². The van der Waals surface area contributed by atoms with Crippen molar-refractivity contribution in [2.24, 2.45) is 5.73 Å². The van der Waals surface area contributed by atoms with Crippen molar-refractivity contribution in [3.63, 3.8) is 0 Å². The number of hydrogen-bond acceptors (Lipinski definition) is 3. The van der Waals surface area contributed by atoms with E-state index in [4.69, 9.17) is 15.9 Å². The zero-order valence-corrected chi connectivity index (χ0v) is 8.83. The van der Waals surface area contributed by atoms with Crippen molar-refractivity contribution in [2.45, 2.75) is 26.4 Å². The summed E-state index contributed by atoms with van der Waals surface area (Å²) in [6.07, 6.45) is 0.843. The fourth-order valence-corrected chi connectivity index (χ4v) is 0.717. The van der Waals surface area contributed by atoms with E-state index < -0.39 is 11.7 Å². The van der Waals surface area contributed by atoms with Gasteiger partial charge >= 0.3 is 6.09 Å². The Kier molecular flexibility index (Phi) is 4.14. The zero-order valence-electron chi connectivity index (χ0n) is 8.83. The Balaban J connectivity index is 4.45. The number of hydrogen-bond donors (Lipinski definition) is 2. The maximum Gasteiger partial charge on any atom is 0.417 e. The number of carbonyl (C=O) groups excluding carboxylic acids is 1. The summed E-state index contributed by atoms with van der Waals surface area (Å²) in [6, 6.07) is 0. The minimum Gasteiger partial charge on any atom is -0.443 e. The second kappa shape index (κ2) is 4.64. The molecule has 0 aromatic heterocycles. The summed E-state index contributed by atoms with van der Waals surface area (Å²) in [5.74, 6) is -0.348. The molecule has 0 heterocycles. The van der Waals surface area contributed by atoms with E-state index in [9.17, 15) is 4.79 Å². The van der Waals surface area contributed by atoms with Crippen molar-refractivity contribution in [3.05, 3.63) is 12.7 Å². The van der Waals surface area contributed by atoms with Crippen LogP contribution in [0.5, 0.6) is 0 Å². The molecule has 0 spiro atoms. The number of nitrogens with zero attached hydrogens (tertiary/aromatic N) is 1. The smallest absolute Gasteiger partial charge is 0.417 e. The number of ether oxygens (including phenoxy) is 1. The molecule has 14 heavy (non-hydrogen) atoms.